The molecule has 0 aliphatic heterocycles. The van der Waals surface area contributed by atoms with Gasteiger partial charge in [0, 0.05) is 13.1 Å². The number of hydrogen-bond acceptors (Lipinski definition) is 4. The molecule has 3 rings (SSSR count). The Labute approximate surface area is 138 Å². The Balaban J connectivity index is 2.32. The zero-order valence-electron chi connectivity index (χ0n) is 12.4. The number of phenolic OH excluding ortho intramolecular Hbond substituents is 1. The van der Waals surface area contributed by atoms with Gasteiger partial charge in [-0.2, -0.15) is 0 Å². The third-order valence-corrected chi connectivity index (χ3v) is 4.34. The second-order valence-electron chi connectivity index (χ2n) is 6.04. The fourth-order valence-electron chi connectivity index (χ4n) is 2.52. The second-order valence-corrected chi connectivity index (χ2v) is 6.86. The van der Waals surface area contributed by atoms with Gasteiger partial charge in [0.2, 0.25) is 0 Å². The Morgan fingerprint density at radius 3 is 2.64 bits per heavy atom. The van der Waals surface area contributed by atoms with E-state index in [9.17, 15) is 9.90 Å². The molecule has 0 radical (unpaired) electrons. The summed E-state index contributed by atoms with van der Waals surface area (Å²) in [6, 6.07) is 1.46. The van der Waals surface area contributed by atoms with Crippen molar-refractivity contribution in [2.24, 2.45) is 5.92 Å². The van der Waals surface area contributed by atoms with Gasteiger partial charge in [-0.05, 0) is 38.9 Å². The molecule has 1 saturated carbocycles. The van der Waals surface area contributed by atoms with E-state index in [2.05, 4.69) is 4.98 Å². The number of nitrogens with zero attached hydrogens (tertiary/aromatic N) is 3. The standard InChI is InChI=1S/C15H17Cl2N3O2/c1-19(2)7-11-15(22)20(6-8-3-4-8)13-9(16)5-10(17)14(21)12(13)18-11/h5,8,21H,3-4,6-7H2,1-2H3. The van der Waals surface area contributed by atoms with Crippen molar-refractivity contribution in [1.29, 1.82) is 0 Å². The molecule has 0 bridgehead atoms. The minimum atomic E-state index is -0.156. The van der Waals surface area contributed by atoms with E-state index in [-0.39, 0.29) is 21.8 Å². The third-order valence-electron chi connectivity index (χ3n) is 3.77. The average Bonchev–Trinajstić information content (AvgIpc) is 3.24. The van der Waals surface area contributed by atoms with Gasteiger partial charge >= 0.3 is 0 Å². The first-order valence-corrected chi connectivity index (χ1v) is 7.89. The first kappa shape index (κ1) is 15.6. The molecular weight excluding hydrogens is 325 g/mol. The molecule has 1 N–H and O–H groups in total. The minimum absolute atomic E-state index is 0.134. The van der Waals surface area contributed by atoms with Crippen LogP contribution in [0.15, 0.2) is 10.9 Å². The van der Waals surface area contributed by atoms with Gasteiger partial charge in [-0.3, -0.25) is 4.79 Å². The molecule has 7 heteroatoms. The maximum Gasteiger partial charge on any atom is 0.274 e. The molecule has 22 heavy (non-hydrogen) atoms. The van der Waals surface area contributed by atoms with Crippen molar-refractivity contribution < 1.29 is 5.11 Å². The summed E-state index contributed by atoms with van der Waals surface area (Å²) in [7, 11) is 3.72. The predicted molar refractivity (Wildman–Crippen MR) is 87.8 cm³/mol. The normalized spacial score (nSPS) is 15.0. The van der Waals surface area contributed by atoms with Crippen LogP contribution < -0.4 is 5.56 Å². The summed E-state index contributed by atoms with van der Waals surface area (Å²) in [6.45, 7) is 0.988. The topological polar surface area (TPSA) is 58.4 Å². The van der Waals surface area contributed by atoms with Crippen LogP contribution in [0.1, 0.15) is 18.5 Å². The number of benzene rings is 1. The number of hydrogen-bond donors (Lipinski definition) is 1. The van der Waals surface area contributed by atoms with E-state index < -0.39 is 0 Å². The molecule has 0 atom stereocenters. The molecule has 5 nitrogen and oxygen atoms in total. The summed E-state index contributed by atoms with van der Waals surface area (Å²) in [4.78, 5) is 18.9. The first-order valence-electron chi connectivity index (χ1n) is 7.13. The molecule has 1 aliphatic rings. The smallest absolute Gasteiger partial charge is 0.274 e. The minimum Gasteiger partial charge on any atom is -0.504 e. The molecule has 0 unspecified atom stereocenters. The van der Waals surface area contributed by atoms with Crippen molar-refractivity contribution >= 4 is 34.2 Å². The SMILES string of the molecule is CN(C)Cc1nc2c(O)c(Cl)cc(Cl)c2n(CC2CC2)c1=O. The van der Waals surface area contributed by atoms with Crippen molar-refractivity contribution in [1.82, 2.24) is 14.5 Å². The van der Waals surface area contributed by atoms with Crippen LogP contribution in [-0.4, -0.2) is 33.7 Å². The van der Waals surface area contributed by atoms with Gasteiger partial charge in [-0.15, -0.1) is 0 Å². The van der Waals surface area contributed by atoms with Gasteiger partial charge in [-0.1, -0.05) is 23.2 Å². The monoisotopic (exact) mass is 341 g/mol. The van der Waals surface area contributed by atoms with Gasteiger partial charge in [-0.25, -0.2) is 4.98 Å². The van der Waals surface area contributed by atoms with Crippen LogP contribution >= 0.6 is 23.2 Å². The Bertz CT molecular complexity index is 798. The van der Waals surface area contributed by atoms with E-state index >= 15 is 0 Å². The Hall–Kier alpha value is -1.30. The van der Waals surface area contributed by atoms with Crippen LogP contribution in [0.3, 0.4) is 0 Å². The highest BCUT2D eigenvalue weighted by atomic mass is 35.5. The quantitative estimate of drug-likeness (QED) is 0.928. The molecular formula is C15H17Cl2N3O2. The fourth-order valence-corrected chi connectivity index (χ4v) is 3.08. The summed E-state index contributed by atoms with van der Waals surface area (Å²) < 4.78 is 1.64. The van der Waals surface area contributed by atoms with E-state index in [1.165, 1.54) is 6.07 Å². The molecule has 2 aromatic rings. The van der Waals surface area contributed by atoms with E-state index in [0.29, 0.717) is 35.2 Å². The lowest BCUT2D eigenvalue weighted by Gasteiger charge is -2.16. The largest absolute Gasteiger partial charge is 0.504 e. The maximum atomic E-state index is 12.7. The number of rotatable bonds is 4. The van der Waals surface area contributed by atoms with Crippen molar-refractivity contribution in [3.8, 4) is 5.75 Å². The van der Waals surface area contributed by atoms with Gasteiger partial charge in [0.1, 0.15) is 11.2 Å². The lowest BCUT2D eigenvalue weighted by atomic mass is 10.2. The highest BCUT2D eigenvalue weighted by Crippen LogP contribution is 2.37. The molecule has 0 amide bonds. The van der Waals surface area contributed by atoms with Crippen molar-refractivity contribution in [3.63, 3.8) is 0 Å². The molecule has 1 fully saturated rings. The number of aromatic hydroxyl groups is 1. The maximum absolute atomic E-state index is 12.7. The summed E-state index contributed by atoms with van der Waals surface area (Å²) >= 11 is 12.3. The van der Waals surface area contributed by atoms with E-state index in [1.807, 2.05) is 19.0 Å². The highest BCUT2D eigenvalue weighted by Gasteiger charge is 2.26. The number of phenols is 1. The van der Waals surface area contributed by atoms with Crippen molar-refractivity contribution in [2.45, 2.75) is 25.9 Å². The lowest BCUT2D eigenvalue weighted by Crippen LogP contribution is -2.29. The van der Waals surface area contributed by atoms with Gasteiger partial charge in [0.15, 0.2) is 5.75 Å². The summed E-state index contributed by atoms with van der Waals surface area (Å²) in [5, 5.41) is 10.7. The fraction of sp³-hybridized carbons (Fsp3) is 0.467. The summed E-state index contributed by atoms with van der Waals surface area (Å²) in [6.07, 6.45) is 2.22. The van der Waals surface area contributed by atoms with Crippen molar-refractivity contribution in [2.75, 3.05) is 14.1 Å². The lowest BCUT2D eigenvalue weighted by molar-refractivity contribution is 0.392. The molecule has 0 spiro atoms. The first-order chi connectivity index (χ1) is 10.4. The second kappa shape index (κ2) is 5.72. The molecule has 118 valence electrons. The highest BCUT2D eigenvalue weighted by molar-refractivity contribution is 6.39. The van der Waals surface area contributed by atoms with Crippen LogP contribution in [0, 0.1) is 5.92 Å². The summed E-state index contributed by atoms with van der Waals surface area (Å²) in [5.74, 6) is 0.356. The molecule has 1 aliphatic carbocycles. The third kappa shape index (κ3) is 2.81. The molecule has 1 aromatic heterocycles. The van der Waals surface area contributed by atoms with E-state index in [1.54, 1.807) is 4.57 Å². The van der Waals surface area contributed by atoms with Gasteiger partial charge in [0.05, 0.1) is 15.6 Å². The van der Waals surface area contributed by atoms with Crippen LogP contribution in [-0.2, 0) is 13.1 Å². The van der Waals surface area contributed by atoms with Gasteiger partial charge in [0.25, 0.3) is 5.56 Å². The number of halogens is 2. The number of aromatic nitrogens is 2. The molecule has 1 aromatic carbocycles. The average molecular weight is 342 g/mol. The Morgan fingerprint density at radius 1 is 1.36 bits per heavy atom. The Kier molecular flexibility index (Phi) is 4.05. The van der Waals surface area contributed by atoms with E-state index in [0.717, 1.165) is 12.8 Å². The summed E-state index contributed by atoms with van der Waals surface area (Å²) in [5.41, 5.74) is 0.973. The molecule has 0 saturated heterocycles. The van der Waals surface area contributed by atoms with Gasteiger partial charge < -0.3 is 14.6 Å². The Morgan fingerprint density at radius 2 is 2.05 bits per heavy atom. The van der Waals surface area contributed by atoms with Crippen LogP contribution in [0.2, 0.25) is 10.0 Å². The zero-order chi connectivity index (χ0) is 16.0. The van der Waals surface area contributed by atoms with Crippen LogP contribution in [0.5, 0.6) is 5.75 Å². The van der Waals surface area contributed by atoms with Crippen LogP contribution in [0.4, 0.5) is 0 Å². The molecule has 1 heterocycles. The predicted octanol–water partition coefficient (Wildman–Crippen LogP) is 2.88. The van der Waals surface area contributed by atoms with E-state index in [4.69, 9.17) is 23.2 Å². The van der Waals surface area contributed by atoms with Crippen molar-refractivity contribution in [3.05, 3.63) is 32.2 Å². The number of fused-ring (bicyclic) bond motifs is 1. The van der Waals surface area contributed by atoms with Crippen LogP contribution in [0.25, 0.3) is 11.0 Å². The zero-order valence-corrected chi connectivity index (χ0v) is 13.9.